The first-order valence-corrected chi connectivity index (χ1v) is 7.94. The van der Waals surface area contributed by atoms with Crippen molar-refractivity contribution in [2.75, 3.05) is 14.2 Å². The summed E-state index contributed by atoms with van der Waals surface area (Å²) in [7, 11) is 3.33. The van der Waals surface area contributed by atoms with E-state index in [9.17, 15) is 0 Å². The summed E-state index contributed by atoms with van der Waals surface area (Å²) in [5.41, 5.74) is 4.00. The molecule has 120 valence electrons. The Morgan fingerprint density at radius 1 is 1.05 bits per heavy atom. The normalized spacial score (nSPS) is 12.2. The average molecular weight is 294 g/mol. The highest BCUT2D eigenvalue weighted by Crippen LogP contribution is 2.31. The van der Waals surface area contributed by atoms with Gasteiger partial charge in [0.25, 0.3) is 0 Å². The molecule has 0 heterocycles. The summed E-state index contributed by atoms with van der Waals surface area (Å²) in [6.07, 6.45) is 8.73. The van der Waals surface area contributed by atoms with Gasteiger partial charge in [0.2, 0.25) is 0 Å². The number of nitrogens with one attached hydrogen (secondary N) is 1. The Morgan fingerprint density at radius 3 is 2.38 bits per heavy atom. The molecule has 0 aliphatic rings. The summed E-state index contributed by atoms with van der Waals surface area (Å²) in [6.45, 7) is 2.24. The molecular weight excluding hydrogens is 264 g/mol. The molecule has 0 saturated heterocycles. The maximum atomic E-state index is 5.72. The SMILES string of the molecule is CCCCCCCCC(NN)c1ccc(OC)cc1OC. The Hall–Kier alpha value is -1.26. The van der Waals surface area contributed by atoms with Gasteiger partial charge in [0.05, 0.1) is 14.2 Å². The number of nitrogens with two attached hydrogens (primary N) is 1. The van der Waals surface area contributed by atoms with Gasteiger partial charge in [0.15, 0.2) is 0 Å². The topological polar surface area (TPSA) is 56.5 Å². The van der Waals surface area contributed by atoms with Gasteiger partial charge >= 0.3 is 0 Å². The zero-order valence-electron chi connectivity index (χ0n) is 13.7. The van der Waals surface area contributed by atoms with Crippen molar-refractivity contribution in [2.24, 2.45) is 5.84 Å². The van der Waals surface area contributed by atoms with E-state index in [1.54, 1.807) is 14.2 Å². The molecule has 3 N–H and O–H groups in total. The third kappa shape index (κ3) is 5.94. The lowest BCUT2D eigenvalue weighted by Crippen LogP contribution is -2.28. The van der Waals surface area contributed by atoms with Crippen molar-refractivity contribution in [3.8, 4) is 11.5 Å². The van der Waals surface area contributed by atoms with Gasteiger partial charge in [0, 0.05) is 17.7 Å². The van der Waals surface area contributed by atoms with Crippen molar-refractivity contribution in [3.05, 3.63) is 23.8 Å². The molecule has 0 aliphatic heterocycles. The van der Waals surface area contributed by atoms with Crippen LogP contribution < -0.4 is 20.7 Å². The lowest BCUT2D eigenvalue weighted by molar-refractivity contribution is 0.380. The van der Waals surface area contributed by atoms with Gasteiger partial charge < -0.3 is 9.47 Å². The van der Waals surface area contributed by atoms with Gasteiger partial charge in [0.1, 0.15) is 11.5 Å². The van der Waals surface area contributed by atoms with Crippen molar-refractivity contribution < 1.29 is 9.47 Å². The zero-order chi connectivity index (χ0) is 15.5. The number of ether oxygens (including phenoxy) is 2. The molecule has 1 rings (SSSR count). The molecule has 4 nitrogen and oxygen atoms in total. The number of hydrogen-bond acceptors (Lipinski definition) is 4. The van der Waals surface area contributed by atoms with Crippen LogP contribution in [0.15, 0.2) is 18.2 Å². The van der Waals surface area contributed by atoms with Crippen LogP contribution in [-0.4, -0.2) is 14.2 Å². The monoisotopic (exact) mass is 294 g/mol. The van der Waals surface area contributed by atoms with Crippen LogP contribution in [-0.2, 0) is 0 Å². The van der Waals surface area contributed by atoms with Gasteiger partial charge in [-0.25, -0.2) is 0 Å². The minimum absolute atomic E-state index is 0.122. The van der Waals surface area contributed by atoms with Gasteiger partial charge in [-0.15, -0.1) is 0 Å². The number of unbranched alkanes of at least 4 members (excludes halogenated alkanes) is 5. The van der Waals surface area contributed by atoms with Crippen molar-refractivity contribution >= 4 is 0 Å². The highest BCUT2D eigenvalue weighted by atomic mass is 16.5. The van der Waals surface area contributed by atoms with Crippen LogP contribution in [0.5, 0.6) is 11.5 Å². The lowest BCUT2D eigenvalue weighted by atomic mass is 9.99. The van der Waals surface area contributed by atoms with Crippen LogP contribution in [0.4, 0.5) is 0 Å². The Kier molecular flexibility index (Phi) is 8.87. The van der Waals surface area contributed by atoms with E-state index < -0.39 is 0 Å². The molecule has 1 aromatic carbocycles. The fraction of sp³-hybridized carbons (Fsp3) is 0.647. The third-order valence-corrected chi connectivity index (χ3v) is 3.86. The predicted octanol–water partition coefficient (Wildman–Crippen LogP) is 3.96. The molecule has 1 atom stereocenters. The maximum absolute atomic E-state index is 5.72. The molecular formula is C17H30N2O2. The van der Waals surface area contributed by atoms with E-state index in [0.717, 1.165) is 23.5 Å². The number of benzene rings is 1. The smallest absolute Gasteiger partial charge is 0.127 e. The Morgan fingerprint density at radius 2 is 1.76 bits per heavy atom. The second-order valence-corrected chi connectivity index (χ2v) is 5.38. The molecule has 0 aromatic heterocycles. The highest BCUT2D eigenvalue weighted by Gasteiger charge is 2.15. The van der Waals surface area contributed by atoms with Crippen LogP contribution in [0.25, 0.3) is 0 Å². The minimum atomic E-state index is 0.122. The van der Waals surface area contributed by atoms with E-state index in [4.69, 9.17) is 15.3 Å². The second-order valence-electron chi connectivity index (χ2n) is 5.38. The second kappa shape index (κ2) is 10.5. The minimum Gasteiger partial charge on any atom is -0.497 e. The van der Waals surface area contributed by atoms with Gasteiger partial charge in [-0.1, -0.05) is 51.5 Å². The van der Waals surface area contributed by atoms with Gasteiger partial charge in [-0.05, 0) is 12.5 Å². The summed E-state index contributed by atoms with van der Waals surface area (Å²) in [5, 5.41) is 0. The largest absolute Gasteiger partial charge is 0.497 e. The summed E-state index contributed by atoms with van der Waals surface area (Å²) < 4.78 is 10.7. The molecule has 0 radical (unpaired) electrons. The summed E-state index contributed by atoms with van der Waals surface area (Å²) in [4.78, 5) is 0. The molecule has 0 aliphatic carbocycles. The van der Waals surface area contributed by atoms with Crippen LogP contribution in [0.2, 0.25) is 0 Å². The fourth-order valence-electron chi connectivity index (χ4n) is 2.56. The van der Waals surface area contributed by atoms with E-state index in [1.165, 1.54) is 38.5 Å². The van der Waals surface area contributed by atoms with Crippen LogP contribution >= 0.6 is 0 Å². The van der Waals surface area contributed by atoms with E-state index in [1.807, 2.05) is 18.2 Å². The van der Waals surface area contributed by atoms with E-state index in [0.29, 0.717) is 0 Å². The summed E-state index contributed by atoms with van der Waals surface area (Å²) >= 11 is 0. The number of rotatable bonds is 11. The zero-order valence-corrected chi connectivity index (χ0v) is 13.7. The molecule has 0 saturated carbocycles. The molecule has 0 bridgehead atoms. The van der Waals surface area contributed by atoms with Crippen LogP contribution in [0, 0.1) is 0 Å². The third-order valence-electron chi connectivity index (χ3n) is 3.86. The quantitative estimate of drug-likeness (QED) is 0.368. The summed E-state index contributed by atoms with van der Waals surface area (Å²) in [6, 6.07) is 6.00. The first-order valence-electron chi connectivity index (χ1n) is 7.94. The van der Waals surface area contributed by atoms with Gasteiger partial charge in [-0.2, -0.15) is 0 Å². The number of methoxy groups -OCH3 is 2. The van der Waals surface area contributed by atoms with Crippen molar-refractivity contribution in [2.45, 2.75) is 57.9 Å². The molecule has 0 amide bonds. The molecule has 1 aromatic rings. The van der Waals surface area contributed by atoms with Crippen molar-refractivity contribution in [3.63, 3.8) is 0 Å². The molecule has 1 unspecified atom stereocenters. The molecule has 4 heteroatoms. The van der Waals surface area contributed by atoms with E-state index in [-0.39, 0.29) is 6.04 Å². The highest BCUT2D eigenvalue weighted by molar-refractivity contribution is 5.42. The first kappa shape index (κ1) is 17.8. The average Bonchev–Trinajstić information content (AvgIpc) is 2.54. The maximum Gasteiger partial charge on any atom is 0.127 e. The van der Waals surface area contributed by atoms with Crippen molar-refractivity contribution in [1.29, 1.82) is 0 Å². The Balaban J connectivity index is 2.55. The Labute approximate surface area is 129 Å². The van der Waals surface area contributed by atoms with E-state index >= 15 is 0 Å². The van der Waals surface area contributed by atoms with Crippen molar-refractivity contribution in [1.82, 2.24) is 5.43 Å². The first-order chi connectivity index (χ1) is 10.3. The van der Waals surface area contributed by atoms with E-state index in [2.05, 4.69) is 12.3 Å². The summed E-state index contributed by atoms with van der Waals surface area (Å²) in [5.74, 6) is 7.34. The number of hydrazine groups is 1. The lowest BCUT2D eigenvalue weighted by Gasteiger charge is -2.19. The molecule has 21 heavy (non-hydrogen) atoms. The van der Waals surface area contributed by atoms with Gasteiger partial charge in [-0.3, -0.25) is 11.3 Å². The predicted molar refractivity (Wildman–Crippen MR) is 87.6 cm³/mol. The molecule has 0 spiro atoms. The number of hydrogen-bond donors (Lipinski definition) is 2. The Bertz CT molecular complexity index is 396. The standard InChI is InChI=1S/C17H30N2O2/c1-4-5-6-7-8-9-10-16(19-18)15-12-11-14(20-2)13-17(15)21-3/h11-13,16,19H,4-10,18H2,1-3H3. The van der Waals surface area contributed by atoms with Crippen LogP contribution in [0.3, 0.4) is 0 Å². The fourth-order valence-corrected chi connectivity index (χ4v) is 2.56. The van der Waals surface area contributed by atoms with Crippen LogP contribution in [0.1, 0.15) is 63.5 Å². The molecule has 0 fully saturated rings.